The van der Waals surface area contributed by atoms with Crippen LogP contribution < -0.4 is 0 Å². The Morgan fingerprint density at radius 1 is 1.67 bits per heavy atom. The quantitative estimate of drug-likeness (QED) is 0.415. The van der Waals surface area contributed by atoms with Crippen LogP contribution in [0.3, 0.4) is 0 Å². The molecule has 3 unspecified atom stereocenters. The van der Waals surface area contributed by atoms with Crippen molar-refractivity contribution >= 4 is 47.4 Å². The molecule has 9 heavy (non-hydrogen) atoms. The Morgan fingerprint density at radius 2 is 2.33 bits per heavy atom. The third-order valence-corrected chi connectivity index (χ3v) is 25.2. The van der Waals surface area contributed by atoms with E-state index in [2.05, 4.69) is 38.1 Å². The lowest BCUT2D eigenvalue weighted by Gasteiger charge is -2.35. The van der Waals surface area contributed by atoms with E-state index < -0.39 is 0 Å². The first-order chi connectivity index (χ1) is 4.25. The number of rotatable bonds is 2. The van der Waals surface area contributed by atoms with E-state index in [0.29, 0.717) is 0 Å². The summed E-state index contributed by atoms with van der Waals surface area (Å²) in [6.07, 6.45) is 1.41. The SMILES string of the molecule is CCC[SiH]1C[SiH](Br)C1Br. The maximum atomic E-state index is 3.77. The van der Waals surface area contributed by atoms with Crippen molar-refractivity contribution < 1.29 is 0 Å². The summed E-state index contributed by atoms with van der Waals surface area (Å²) >= 11 is 7.53. The van der Waals surface area contributed by atoms with Gasteiger partial charge in [0.25, 0.3) is 0 Å². The predicted molar refractivity (Wildman–Crippen MR) is 55.8 cm³/mol. The molecule has 0 bridgehead atoms. The van der Waals surface area contributed by atoms with Crippen molar-refractivity contribution in [1.29, 1.82) is 0 Å². The fourth-order valence-electron chi connectivity index (χ4n) is 1.30. The highest BCUT2D eigenvalue weighted by Gasteiger charge is 2.38. The Bertz CT molecular complexity index is 97.0. The lowest BCUT2D eigenvalue weighted by atomic mass is 10.6. The third-order valence-electron chi connectivity index (χ3n) is 1.98. The summed E-state index contributed by atoms with van der Waals surface area (Å²) in [6, 6.07) is 1.56. The van der Waals surface area contributed by atoms with Gasteiger partial charge in [-0.15, -0.1) is 15.3 Å². The van der Waals surface area contributed by atoms with Crippen molar-refractivity contribution in [1.82, 2.24) is 0 Å². The summed E-state index contributed by atoms with van der Waals surface area (Å²) in [6.45, 7) is 2.30. The average Bonchev–Trinajstić information content (AvgIpc) is 1.88. The lowest BCUT2D eigenvalue weighted by molar-refractivity contribution is 1.05. The molecule has 0 amide bonds. The Balaban J connectivity index is 2.17. The van der Waals surface area contributed by atoms with Crippen LogP contribution in [0.2, 0.25) is 11.7 Å². The number of halogens is 2. The summed E-state index contributed by atoms with van der Waals surface area (Å²) in [7, 11) is -0.583. The molecule has 0 aromatic rings. The minimum absolute atomic E-state index is 0.221. The van der Waals surface area contributed by atoms with E-state index >= 15 is 0 Å². The average molecular weight is 288 g/mol. The first-order valence-corrected chi connectivity index (χ1v) is 11.4. The largest absolute Gasteiger partial charge is 0.130 e. The maximum Gasteiger partial charge on any atom is 0.122 e. The van der Waals surface area contributed by atoms with Gasteiger partial charge in [0.1, 0.15) is 7.42 Å². The topological polar surface area (TPSA) is 0 Å². The monoisotopic (exact) mass is 286 g/mol. The summed E-state index contributed by atoms with van der Waals surface area (Å²) in [5, 5.41) is 0. The second kappa shape index (κ2) is 3.69. The van der Waals surface area contributed by atoms with E-state index in [1.807, 2.05) is 0 Å². The molecule has 0 aliphatic carbocycles. The van der Waals surface area contributed by atoms with Crippen LogP contribution in [0.25, 0.3) is 0 Å². The zero-order valence-electron chi connectivity index (χ0n) is 5.61. The summed E-state index contributed by atoms with van der Waals surface area (Å²) in [5.74, 6) is 0. The van der Waals surface area contributed by atoms with E-state index in [0.717, 1.165) is 4.07 Å². The van der Waals surface area contributed by atoms with Crippen LogP contribution in [0, 0.1) is 0 Å². The van der Waals surface area contributed by atoms with Gasteiger partial charge in [-0.2, -0.15) is 0 Å². The fraction of sp³-hybridized carbons (Fsp3) is 1.00. The van der Waals surface area contributed by atoms with Gasteiger partial charge in [-0.3, -0.25) is 0 Å². The zero-order chi connectivity index (χ0) is 6.85. The molecular weight excluding hydrogens is 276 g/mol. The molecule has 0 aromatic carbocycles. The van der Waals surface area contributed by atoms with Crippen molar-refractivity contribution in [3.8, 4) is 0 Å². The molecule has 1 saturated heterocycles. The first-order valence-electron chi connectivity index (χ1n) is 3.53. The normalized spacial score (nSPS) is 42.3. The van der Waals surface area contributed by atoms with Gasteiger partial charge in [0.15, 0.2) is 0 Å². The van der Waals surface area contributed by atoms with Gasteiger partial charge in [-0.1, -0.05) is 41.0 Å². The highest BCUT2D eigenvalue weighted by atomic mass is 79.9. The van der Waals surface area contributed by atoms with Crippen LogP contribution in [-0.4, -0.2) is 20.3 Å². The van der Waals surface area contributed by atoms with E-state index in [1.165, 1.54) is 6.42 Å². The molecule has 0 N–H and O–H groups in total. The summed E-state index contributed by atoms with van der Waals surface area (Å²) in [4.78, 5) is 0. The van der Waals surface area contributed by atoms with E-state index in [1.54, 1.807) is 11.7 Å². The molecule has 0 saturated carbocycles. The van der Waals surface area contributed by atoms with Crippen molar-refractivity contribution in [3.63, 3.8) is 0 Å². The van der Waals surface area contributed by atoms with E-state index in [4.69, 9.17) is 0 Å². The molecule has 1 aliphatic heterocycles. The van der Waals surface area contributed by atoms with Gasteiger partial charge in [0.2, 0.25) is 0 Å². The summed E-state index contributed by atoms with van der Waals surface area (Å²) in [5.41, 5.74) is 1.64. The van der Waals surface area contributed by atoms with Gasteiger partial charge in [0.05, 0.1) is 0 Å². The summed E-state index contributed by atoms with van der Waals surface area (Å²) < 4.78 is 1.03. The zero-order valence-corrected chi connectivity index (χ0v) is 11.1. The second-order valence-electron chi connectivity index (χ2n) is 2.74. The molecule has 0 radical (unpaired) electrons. The molecular formula is C5H12Br2Si2. The Morgan fingerprint density at radius 3 is 2.67 bits per heavy atom. The highest BCUT2D eigenvalue weighted by molar-refractivity contribution is 9.26. The molecule has 1 heterocycles. The number of hydrogen-bond acceptors (Lipinski definition) is 0. The predicted octanol–water partition coefficient (Wildman–Crippen LogP) is 2.14. The van der Waals surface area contributed by atoms with Crippen molar-refractivity contribution in [2.75, 3.05) is 0 Å². The third kappa shape index (κ3) is 1.91. The first kappa shape index (κ1) is 8.49. The Kier molecular flexibility index (Phi) is 3.48. The maximum absolute atomic E-state index is 3.77. The van der Waals surface area contributed by atoms with Gasteiger partial charge in [-0.05, 0) is 0 Å². The second-order valence-corrected chi connectivity index (χ2v) is 16.5. The molecule has 0 nitrogen and oxygen atoms in total. The minimum atomic E-state index is -0.362. The van der Waals surface area contributed by atoms with Crippen LogP contribution in [-0.2, 0) is 0 Å². The van der Waals surface area contributed by atoms with Gasteiger partial charge < -0.3 is 0 Å². The van der Waals surface area contributed by atoms with Crippen LogP contribution in [0.15, 0.2) is 0 Å². The molecule has 4 heteroatoms. The van der Waals surface area contributed by atoms with E-state index in [9.17, 15) is 0 Å². The van der Waals surface area contributed by atoms with Crippen LogP contribution in [0.5, 0.6) is 0 Å². The van der Waals surface area contributed by atoms with Gasteiger partial charge in [0, 0.05) is 12.9 Å². The van der Waals surface area contributed by atoms with Crippen LogP contribution in [0.4, 0.5) is 0 Å². The van der Waals surface area contributed by atoms with Crippen molar-refractivity contribution in [2.45, 2.75) is 29.1 Å². The molecule has 54 valence electrons. The molecule has 1 rings (SSSR count). The van der Waals surface area contributed by atoms with Crippen molar-refractivity contribution in [2.24, 2.45) is 0 Å². The van der Waals surface area contributed by atoms with Gasteiger partial charge in [-0.25, -0.2) is 0 Å². The smallest absolute Gasteiger partial charge is 0.122 e. The highest BCUT2D eigenvalue weighted by Crippen LogP contribution is 2.32. The molecule has 0 spiro atoms. The molecule has 3 atom stereocenters. The molecule has 1 aliphatic rings. The van der Waals surface area contributed by atoms with Crippen LogP contribution in [0.1, 0.15) is 13.3 Å². The number of hydrogen-bond donors (Lipinski definition) is 0. The van der Waals surface area contributed by atoms with Gasteiger partial charge >= 0.3 is 0 Å². The van der Waals surface area contributed by atoms with Crippen LogP contribution >= 0.6 is 31.2 Å². The molecule has 0 aromatic heterocycles. The Hall–Kier alpha value is 1.39. The number of alkyl halides is 1. The fourth-order valence-corrected chi connectivity index (χ4v) is 22.0. The standard InChI is InChI=1S/C5H12Br2Si2/c1-2-3-8-4-9(7)5(8)6/h5,8-9H,2-4H2,1H3. The van der Waals surface area contributed by atoms with Crippen molar-refractivity contribution in [3.05, 3.63) is 0 Å². The minimum Gasteiger partial charge on any atom is -0.130 e. The Labute approximate surface area is 76.3 Å². The van der Waals surface area contributed by atoms with E-state index in [-0.39, 0.29) is 16.2 Å². The molecule has 1 fully saturated rings. The lowest BCUT2D eigenvalue weighted by Crippen LogP contribution is -2.49.